The minimum atomic E-state index is 0.243. The van der Waals surface area contributed by atoms with Crippen molar-refractivity contribution in [2.24, 2.45) is 0 Å². The summed E-state index contributed by atoms with van der Waals surface area (Å²) in [6.07, 6.45) is 4.84. The first-order valence-electron chi connectivity index (χ1n) is 6.09. The fourth-order valence-electron chi connectivity index (χ4n) is 2.26. The highest BCUT2D eigenvalue weighted by molar-refractivity contribution is 5.52. The van der Waals surface area contributed by atoms with E-state index in [-0.39, 0.29) is 12.1 Å². The van der Waals surface area contributed by atoms with Gasteiger partial charge in [0.25, 0.3) is 0 Å². The van der Waals surface area contributed by atoms with E-state index in [2.05, 4.69) is 20.3 Å². The number of hydrogen-bond donors (Lipinski definition) is 2. The monoisotopic (exact) mass is 244 g/mol. The quantitative estimate of drug-likeness (QED) is 0.859. The molecule has 2 aromatic rings. The lowest BCUT2D eigenvalue weighted by atomic mass is 10.2. The lowest BCUT2D eigenvalue weighted by Gasteiger charge is -2.06. The predicted octanol–water partition coefficient (Wildman–Crippen LogP) is 1.52. The highest BCUT2D eigenvalue weighted by Gasteiger charge is 2.27. The van der Waals surface area contributed by atoms with E-state index >= 15 is 0 Å². The molecule has 2 aromatic heterocycles. The summed E-state index contributed by atoms with van der Waals surface area (Å²) < 4.78 is 5.34. The minimum Gasteiger partial charge on any atom is -0.380 e. The first-order valence-corrected chi connectivity index (χ1v) is 6.09. The Morgan fingerprint density at radius 1 is 1.33 bits per heavy atom. The second-order valence-corrected chi connectivity index (χ2v) is 4.45. The molecule has 0 spiro atoms. The van der Waals surface area contributed by atoms with Crippen molar-refractivity contribution in [2.45, 2.75) is 18.6 Å². The highest BCUT2D eigenvalue weighted by atomic mass is 16.5. The maximum Gasteiger partial charge on any atom is 0.123 e. The van der Waals surface area contributed by atoms with Crippen LogP contribution in [0.3, 0.4) is 0 Å². The molecule has 0 aliphatic carbocycles. The topological polar surface area (TPSA) is 62.8 Å². The standard InChI is InChI=1S/C13H16N4O/c1-18-9-6-11(15-7-9)13-16-8-12(17-13)10-4-2-3-5-14-10/h2-5,8-9,11,15H,6-7H2,1H3,(H,16,17). The molecule has 2 atom stereocenters. The third kappa shape index (κ3) is 2.14. The summed E-state index contributed by atoms with van der Waals surface area (Å²) in [4.78, 5) is 12.1. The SMILES string of the molecule is COC1CNC(c2ncc(-c3ccccn3)[nH]2)C1. The van der Waals surface area contributed by atoms with Crippen LogP contribution in [0.5, 0.6) is 0 Å². The summed E-state index contributed by atoms with van der Waals surface area (Å²) in [7, 11) is 1.75. The maximum atomic E-state index is 5.34. The van der Waals surface area contributed by atoms with Crippen LogP contribution in [0.15, 0.2) is 30.6 Å². The van der Waals surface area contributed by atoms with Crippen molar-refractivity contribution in [3.05, 3.63) is 36.4 Å². The summed E-state index contributed by atoms with van der Waals surface area (Å²) in [5, 5.41) is 3.40. The Labute approximate surface area is 106 Å². The number of aromatic nitrogens is 3. The minimum absolute atomic E-state index is 0.243. The van der Waals surface area contributed by atoms with E-state index in [1.165, 1.54) is 0 Å². The first kappa shape index (κ1) is 11.4. The van der Waals surface area contributed by atoms with Crippen molar-refractivity contribution >= 4 is 0 Å². The molecule has 94 valence electrons. The predicted molar refractivity (Wildman–Crippen MR) is 68.0 cm³/mol. The van der Waals surface area contributed by atoms with Crippen LogP contribution < -0.4 is 5.32 Å². The van der Waals surface area contributed by atoms with E-state index in [9.17, 15) is 0 Å². The highest BCUT2D eigenvalue weighted by Crippen LogP contribution is 2.24. The Balaban J connectivity index is 1.78. The fourth-order valence-corrected chi connectivity index (χ4v) is 2.26. The largest absolute Gasteiger partial charge is 0.380 e. The summed E-state index contributed by atoms with van der Waals surface area (Å²) in [5.41, 5.74) is 1.87. The van der Waals surface area contributed by atoms with Crippen molar-refractivity contribution in [2.75, 3.05) is 13.7 Å². The molecule has 5 heteroatoms. The number of ether oxygens (including phenoxy) is 1. The summed E-state index contributed by atoms with van der Waals surface area (Å²) in [6, 6.07) is 6.09. The molecule has 0 aromatic carbocycles. The molecule has 0 amide bonds. The molecule has 1 fully saturated rings. The zero-order valence-electron chi connectivity index (χ0n) is 10.3. The number of nitrogens with one attached hydrogen (secondary N) is 2. The average molecular weight is 244 g/mol. The van der Waals surface area contributed by atoms with Gasteiger partial charge in [-0.2, -0.15) is 0 Å². The van der Waals surface area contributed by atoms with E-state index < -0.39 is 0 Å². The molecular weight excluding hydrogens is 228 g/mol. The molecule has 1 aliphatic rings. The Kier molecular flexibility index (Phi) is 3.08. The lowest BCUT2D eigenvalue weighted by Crippen LogP contribution is -2.16. The Morgan fingerprint density at radius 3 is 3.00 bits per heavy atom. The number of pyridine rings is 1. The molecule has 0 bridgehead atoms. The third-order valence-electron chi connectivity index (χ3n) is 3.29. The van der Waals surface area contributed by atoms with Crippen LogP contribution in [-0.4, -0.2) is 34.7 Å². The number of hydrogen-bond acceptors (Lipinski definition) is 4. The van der Waals surface area contributed by atoms with E-state index in [1.54, 1.807) is 13.3 Å². The van der Waals surface area contributed by atoms with Crippen LogP contribution in [0.2, 0.25) is 0 Å². The molecule has 0 radical (unpaired) electrons. The van der Waals surface area contributed by atoms with Crippen molar-refractivity contribution < 1.29 is 4.74 Å². The van der Waals surface area contributed by atoms with Gasteiger partial charge in [0.15, 0.2) is 0 Å². The van der Waals surface area contributed by atoms with Gasteiger partial charge in [-0.1, -0.05) is 6.07 Å². The molecule has 5 nitrogen and oxygen atoms in total. The van der Waals surface area contributed by atoms with Crippen molar-refractivity contribution in [1.29, 1.82) is 0 Å². The smallest absolute Gasteiger partial charge is 0.123 e. The van der Waals surface area contributed by atoms with Gasteiger partial charge in [0.2, 0.25) is 0 Å². The van der Waals surface area contributed by atoms with Gasteiger partial charge in [-0.15, -0.1) is 0 Å². The molecule has 1 aliphatic heterocycles. The second-order valence-electron chi connectivity index (χ2n) is 4.45. The number of nitrogens with zero attached hydrogens (tertiary/aromatic N) is 2. The van der Waals surface area contributed by atoms with Crippen molar-refractivity contribution in [3.63, 3.8) is 0 Å². The Hall–Kier alpha value is -1.72. The maximum absolute atomic E-state index is 5.34. The fraction of sp³-hybridized carbons (Fsp3) is 0.385. The molecule has 0 saturated carbocycles. The van der Waals surface area contributed by atoms with Gasteiger partial charge in [-0.05, 0) is 18.6 Å². The van der Waals surface area contributed by atoms with Gasteiger partial charge in [-0.25, -0.2) is 4.98 Å². The van der Waals surface area contributed by atoms with E-state index in [0.717, 1.165) is 30.2 Å². The van der Waals surface area contributed by atoms with Crippen LogP contribution in [0.4, 0.5) is 0 Å². The molecule has 3 heterocycles. The zero-order valence-corrected chi connectivity index (χ0v) is 10.3. The van der Waals surface area contributed by atoms with Gasteiger partial charge < -0.3 is 15.0 Å². The number of aromatic amines is 1. The van der Waals surface area contributed by atoms with Gasteiger partial charge in [0.05, 0.1) is 29.7 Å². The van der Waals surface area contributed by atoms with Crippen molar-refractivity contribution in [3.8, 4) is 11.4 Å². The third-order valence-corrected chi connectivity index (χ3v) is 3.29. The number of rotatable bonds is 3. The van der Waals surface area contributed by atoms with Crippen molar-refractivity contribution in [1.82, 2.24) is 20.3 Å². The molecule has 3 rings (SSSR count). The second kappa shape index (κ2) is 4.88. The van der Waals surface area contributed by atoms with Gasteiger partial charge >= 0.3 is 0 Å². The summed E-state index contributed by atoms with van der Waals surface area (Å²) in [5.74, 6) is 0.954. The Bertz CT molecular complexity index is 511. The molecule has 1 saturated heterocycles. The van der Waals surface area contributed by atoms with Crippen LogP contribution >= 0.6 is 0 Å². The van der Waals surface area contributed by atoms with Gasteiger partial charge in [0, 0.05) is 19.9 Å². The number of H-pyrrole nitrogens is 1. The average Bonchev–Trinajstić information content (AvgIpc) is 3.08. The van der Waals surface area contributed by atoms with Crippen LogP contribution in [0, 0.1) is 0 Å². The van der Waals surface area contributed by atoms with E-state index in [4.69, 9.17) is 4.74 Å². The zero-order chi connectivity index (χ0) is 12.4. The molecule has 2 N–H and O–H groups in total. The summed E-state index contributed by atoms with van der Waals surface area (Å²) in [6.45, 7) is 0.876. The normalized spacial score (nSPS) is 23.4. The van der Waals surface area contributed by atoms with Gasteiger partial charge in [-0.3, -0.25) is 4.98 Å². The number of imidazole rings is 1. The summed E-state index contributed by atoms with van der Waals surface area (Å²) >= 11 is 0. The molecule has 18 heavy (non-hydrogen) atoms. The van der Waals surface area contributed by atoms with E-state index in [1.807, 2.05) is 24.4 Å². The Morgan fingerprint density at radius 2 is 2.28 bits per heavy atom. The van der Waals surface area contributed by atoms with Gasteiger partial charge in [0.1, 0.15) is 5.82 Å². The van der Waals surface area contributed by atoms with Crippen LogP contribution in [0.1, 0.15) is 18.3 Å². The first-order chi connectivity index (χ1) is 8.86. The lowest BCUT2D eigenvalue weighted by molar-refractivity contribution is 0.117. The molecule has 2 unspecified atom stereocenters. The van der Waals surface area contributed by atoms with Crippen LogP contribution in [-0.2, 0) is 4.74 Å². The van der Waals surface area contributed by atoms with Crippen LogP contribution in [0.25, 0.3) is 11.4 Å². The molecular formula is C13H16N4O. The van der Waals surface area contributed by atoms with E-state index in [0.29, 0.717) is 0 Å². The number of methoxy groups -OCH3 is 1.